The summed E-state index contributed by atoms with van der Waals surface area (Å²) in [6.45, 7) is 5.05. The van der Waals surface area contributed by atoms with Crippen LogP contribution in [0.25, 0.3) is 0 Å². The molecule has 0 aliphatic rings. The zero-order valence-electron chi connectivity index (χ0n) is 9.29. The van der Waals surface area contributed by atoms with Crippen molar-refractivity contribution in [3.63, 3.8) is 0 Å². The van der Waals surface area contributed by atoms with Crippen molar-refractivity contribution in [2.45, 2.75) is 36.3 Å². The van der Waals surface area contributed by atoms with Crippen molar-refractivity contribution in [1.82, 2.24) is 0 Å². The van der Waals surface area contributed by atoms with Gasteiger partial charge < -0.3 is 5.73 Å². The van der Waals surface area contributed by atoms with Gasteiger partial charge in [-0.15, -0.1) is 11.8 Å². The van der Waals surface area contributed by atoms with Crippen molar-refractivity contribution in [2.24, 2.45) is 5.73 Å². The van der Waals surface area contributed by atoms with E-state index < -0.39 is 0 Å². The first-order valence-corrected chi connectivity index (χ1v) is 6.50. The average Bonchev–Trinajstić information content (AvgIpc) is 2.29. The van der Waals surface area contributed by atoms with E-state index in [1.165, 1.54) is 0 Å². The number of halogens is 1. The van der Waals surface area contributed by atoms with Gasteiger partial charge in [0.05, 0.1) is 5.02 Å². The van der Waals surface area contributed by atoms with Crippen LogP contribution in [0.15, 0.2) is 29.2 Å². The van der Waals surface area contributed by atoms with E-state index in [0.29, 0.717) is 6.54 Å². The third-order valence-electron chi connectivity index (χ3n) is 2.82. The maximum absolute atomic E-state index is 6.14. The summed E-state index contributed by atoms with van der Waals surface area (Å²) in [5.41, 5.74) is 5.86. The highest BCUT2D eigenvalue weighted by Crippen LogP contribution is 2.40. The Morgan fingerprint density at radius 3 is 2.33 bits per heavy atom. The molecule has 0 radical (unpaired) electrons. The molecule has 1 nitrogen and oxygen atoms in total. The Bertz CT molecular complexity index is 302. The smallest absolute Gasteiger partial charge is 0.0542 e. The molecular formula is C12H18ClNS. The van der Waals surface area contributed by atoms with Crippen molar-refractivity contribution in [1.29, 1.82) is 0 Å². The van der Waals surface area contributed by atoms with Gasteiger partial charge in [0, 0.05) is 16.2 Å². The summed E-state index contributed by atoms with van der Waals surface area (Å²) in [6.07, 6.45) is 2.13. The molecule has 0 aliphatic carbocycles. The fraction of sp³-hybridized carbons (Fsp3) is 0.500. The second-order valence-electron chi connectivity index (χ2n) is 3.63. The van der Waals surface area contributed by atoms with Gasteiger partial charge >= 0.3 is 0 Å². The zero-order valence-corrected chi connectivity index (χ0v) is 10.9. The van der Waals surface area contributed by atoms with Gasteiger partial charge in [-0.1, -0.05) is 37.6 Å². The summed E-state index contributed by atoms with van der Waals surface area (Å²) in [4.78, 5) is 1.13. The second-order valence-corrected chi connectivity index (χ2v) is 5.54. The molecule has 2 N–H and O–H groups in total. The van der Waals surface area contributed by atoms with E-state index in [2.05, 4.69) is 19.9 Å². The summed E-state index contributed by atoms with van der Waals surface area (Å²) >= 11 is 7.95. The molecule has 0 atom stereocenters. The fourth-order valence-electron chi connectivity index (χ4n) is 1.49. The molecule has 0 heterocycles. The Balaban J connectivity index is 2.88. The van der Waals surface area contributed by atoms with Crippen LogP contribution in [0.3, 0.4) is 0 Å². The molecule has 1 rings (SSSR count). The molecule has 0 saturated heterocycles. The minimum Gasteiger partial charge on any atom is -0.329 e. The monoisotopic (exact) mass is 243 g/mol. The van der Waals surface area contributed by atoms with Gasteiger partial charge in [-0.05, 0) is 25.0 Å². The summed E-state index contributed by atoms with van der Waals surface area (Å²) in [7, 11) is 0. The lowest BCUT2D eigenvalue weighted by molar-refractivity contribution is 0.558. The molecule has 84 valence electrons. The van der Waals surface area contributed by atoms with Gasteiger partial charge in [0.15, 0.2) is 0 Å². The van der Waals surface area contributed by atoms with Crippen molar-refractivity contribution in [2.75, 3.05) is 6.54 Å². The van der Waals surface area contributed by atoms with Crippen LogP contribution >= 0.6 is 23.4 Å². The predicted molar refractivity (Wildman–Crippen MR) is 69.7 cm³/mol. The maximum atomic E-state index is 6.14. The van der Waals surface area contributed by atoms with Crippen molar-refractivity contribution in [3.05, 3.63) is 29.3 Å². The predicted octanol–water partition coefficient (Wildman–Crippen LogP) is 3.95. The third-order valence-corrected chi connectivity index (χ3v) is 5.02. The molecule has 0 amide bonds. The Hall–Kier alpha value is -0.180. The molecule has 15 heavy (non-hydrogen) atoms. The van der Waals surface area contributed by atoms with Gasteiger partial charge in [0.2, 0.25) is 0 Å². The number of hydrogen-bond acceptors (Lipinski definition) is 2. The highest BCUT2D eigenvalue weighted by molar-refractivity contribution is 8.00. The van der Waals surface area contributed by atoms with Crippen molar-refractivity contribution in [3.8, 4) is 0 Å². The second kappa shape index (κ2) is 5.78. The topological polar surface area (TPSA) is 26.0 Å². The molecule has 0 aromatic heterocycles. The highest BCUT2D eigenvalue weighted by Gasteiger charge is 2.26. The molecule has 0 fully saturated rings. The molecule has 0 unspecified atom stereocenters. The first-order chi connectivity index (χ1) is 7.17. The number of hydrogen-bond donors (Lipinski definition) is 1. The van der Waals surface area contributed by atoms with Gasteiger partial charge in [-0.3, -0.25) is 0 Å². The third kappa shape index (κ3) is 3.13. The van der Waals surface area contributed by atoms with E-state index in [4.69, 9.17) is 17.3 Å². The summed E-state index contributed by atoms with van der Waals surface area (Å²) in [6, 6.07) is 7.95. The highest BCUT2D eigenvalue weighted by atomic mass is 35.5. The first-order valence-electron chi connectivity index (χ1n) is 5.31. The fourth-order valence-corrected chi connectivity index (χ4v) is 2.89. The molecule has 0 saturated carbocycles. The van der Waals surface area contributed by atoms with E-state index in [1.54, 1.807) is 11.8 Å². The Morgan fingerprint density at radius 2 is 1.87 bits per heavy atom. The maximum Gasteiger partial charge on any atom is 0.0542 e. The van der Waals surface area contributed by atoms with Crippen molar-refractivity contribution < 1.29 is 0 Å². The Labute approximate surface area is 101 Å². The quantitative estimate of drug-likeness (QED) is 0.793. The lowest BCUT2D eigenvalue weighted by Gasteiger charge is -2.29. The van der Waals surface area contributed by atoms with Crippen LogP contribution in [0.4, 0.5) is 0 Å². The number of rotatable bonds is 5. The lowest BCUT2D eigenvalue weighted by atomic mass is 10.0. The Morgan fingerprint density at radius 1 is 1.27 bits per heavy atom. The van der Waals surface area contributed by atoms with Gasteiger partial charge in [-0.2, -0.15) is 0 Å². The summed E-state index contributed by atoms with van der Waals surface area (Å²) < 4.78 is 0.130. The average molecular weight is 244 g/mol. The SMILES string of the molecule is CCC(CC)(CN)Sc1ccccc1Cl. The van der Waals surface area contributed by atoms with Crippen LogP contribution in [-0.4, -0.2) is 11.3 Å². The normalized spacial score (nSPS) is 11.7. The van der Waals surface area contributed by atoms with Gasteiger partial charge in [0.25, 0.3) is 0 Å². The largest absolute Gasteiger partial charge is 0.329 e. The standard InChI is InChI=1S/C12H18ClNS/c1-3-12(4-2,9-14)15-11-8-6-5-7-10(11)13/h5-8H,3-4,9,14H2,1-2H3. The minimum atomic E-state index is 0.130. The molecule has 0 aliphatic heterocycles. The van der Waals surface area contributed by atoms with Crippen molar-refractivity contribution >= 4 is 23.4 Å². The number of benzene rings is 1. The first kappa shape index (κ1) is 12.9. The van der Waals surface area contributed by atoms with E-state index >= 15 is 0 Å². The summed E-state index contributed by atoms with van der Waals surface area (Å²) in [5.74, 6) is 0. The van der Waals surface area contributed by atoms with Crippen LogP contribution < -0.4 is 5.73 Å². The van der Waals surface area contributed by atoms with Crippen LogP contribution in [-0.2, 0) is 0 Å². The van der Waals surface area contributed by atoms with Crippen LogP contribution in [0.2, 0.25) is 5.02 Å². The number of nitrogens with two attached hydrogens (primary N) is 1. The van der Waals surface area contributed by atoms with Crippen LogP contribution in [0.5, 0.6) is 0 Å². The molecule has 1 aromatic carbocycles. The molecule has 1 aromatic rings. The molecule has 0 spiro atoms. The lowest BCUT2D eigenvalue weighted by Crippen LogP contribution is -2.32. The minimum absolute atomic E-state index is 0.130. The van der Waals surface area contributed by atoms with Gasteiger partial charge in [-0.25, -0.2) is 0 Å². The van der Waals surface area contributed by atoms with Crippen LogP contribution in [0, 0.1) is 0 Å². The van der Waals surface area contributed by atoms with E-state index in [1.807, 2.05) is 18.2 Å². The van der Waals surface area contributed by atoms with Crippen LogP contribution in [0.1, 0.15) is 26.7 Å². The van der Waals surface area contributed by atoms with E-state index in [9.17, 15) is 0 Å². The summed E-state index contributed by atoms with van der Waals surface area (Å²) in [5, 5.41) is 0.822. The van der Waals surface area contributed by atoms with E-state index in [-0.39, 0.29) is 4.75 Å². The molecule has 0 bridgehead atoms. The Kier molecular flexibility index (Phi) is 4.97. The van der Waals surface area contributed by atoms with E-state index in [0.717, 1.165) is 22.8 Å². The molecule has 3 heteroatoms. The van der Waals surface area contributed by atoms with Gasteiger partial charge in [0.1, 0.15) is 0 Å². The zero-order chi connectivity index (χ0) is 11.3. The number of thioether (sulfide) groups is 1. The molecular weight excluding hydrogens is 226 g/mol.